The van der Waals surface area contributed by atoms with E-state index in [-0.39, 0.29) is 29.3 Å². The van der Waals surface area contributed by atoms with Crippen molar-refractivity contribution in [3.63, 3.8) is 0 Å². The molecule has 7 heteroatoms. The van der Waals surface area contributed by atoms with Gasteiger partial charge in [0.1, 0.15) is 6.04 Å². The first-order chi connectivity index (χ1) is 15.1. The lowest BCUT2D eigenvalue weighted by atomic mass is 9.86. The van der Waals surface area contributed by atoms with Gasteiger partial charge in [0.15, 0.2) is 0 Å². The Morgan fingerprint density at radius 2 is 1.47 bits per heavy atom. The predicted molar refractivity (Wildman–Crippen MR) is 126 cm³/mol. The molecule has 1 aliphatic heterocycles. The highest BCUT2D eigenvalue weighted by atomic mass is 16.2. The third kappa shape index (κ3) is 6.24. The zero-order chi connectivity index (χ0) is 23.3. The van der Waals surface area contributed by atoms with Crippen LogP contribution in [0, 0.1) is 0 Å². The molecule has 0 spiro atoms. The van der Waals surface area contributed by atoms with Crippen molar-refractivity contribution in [3.05, 3.63) is 35.4 Å². The molecule has 2 N–H and O–H groups in total. The molecule has 2 fully saturated rings. The van der Waals surface area contributed by atoms with Crippen LogP contribution in [0.15, 0.2) is 24.3 Å². The molecule has 7 nitrogen and oxygen atoms in total. The first kappa shape index (κ1) is 24.1. The standard InChI is InChI=1S/C25H38N4O3/c1-18(26-22(30)19-10-12-20(13-11-19)25(2,3)4)23(31)28-14-16-29(17-15-28)24(32)27-21-8-6-5-7-9-21/h10-13,18,21H,5-9,14-17H2,1-4H3,(H,26,30)(H,27,32). The van der Waals surface area contributed by atoms with E-state index in [0.717, 1.165) is 18.4 Å². The van der Waals surface area contributed by atoms with E-state index in [1.807, 2.05) is 12.1 Å². The number of piperazine rings is 1. The molecule has 0 aromatic heterocycles. The van der Waals surface area contributed by atoms with Gasteiger partial charge in [0.25, 0.3) is 5.91 Å². The third-order valence-corrected chi connectivity index (χ3v) is 6.54. The quantitative estimate of drug-likeness (QED) is 0.751. The fourth-order valence-electron chi connectivity index (χ4n) is 4.38. The summed E-state index contributed by atoms with van der Waals surface area (Å²) in [4.78, 5) is 41.5. The minimum absolute atomic E-state index is 0.0215. The summed E-state index contributed by atoms with van der Waals surface area (Å²) in [5.41, 5.74) is 1.72. The summed E-state index contributed by atoms with van der Waals surface area (Å²) in [5.74, 6) is -0.367. The van der Waals surface area contributed by atoms with Gasteiger partial charge in [-0.25, -0.2) is 4.79 Å². The minimum Gasteiger partial charge on any atom is -0.341 e. The van der Waals surface area contributed by atoms with Gasteiger partial charge in [-0.3, -0.25) is 9.59 Å². The maximum Gasteiger partial charge on any atom is 0.317 e. The van der Waals surface area contributed by atoms with E-state index in [1.165, 1.54) is 19.3 Å². The van der Waals surface area contributed by atoms with Crippen molar-refractivity contribution in [1.82, 2.24) is 20.4 Å². The largest absolute Gasteiger partial charge is 0.341 e. The van der Waals surface area contributed by atoms with Crippen LogP contribution >= 0.6 is 0 Å². The molecule has 32 heavy (non-hydrogen) atoms. The van der Waals surface area contributed by atoms with E-state index < -0.39 is 6.04 Å². The fraction of sp³-hybridized carbons (Fsp3) is 0.640. The number of urea groups is 1. The molecule has 1 aromatic rings. The zero-order valence-electron chi connectivity index (χ0n) is 19.9. The van der Waals surface area contributed by atoms with Crippen LogP contribution < -0.4 is 10.6 Å². The average molecular weight is 443 g/mol. The Kier molecular flexibility index (Phi) is 7.80. The average Bonchev–Trinajstić information content (AvgIpc) is 2.78. The first-order valence-electron chi connectivity index (χ1n) is 11.9. The van der Waals surface area contributed by atoms with Crippen molar-refractivity contribution in [2.45, 2.75) is 77.3 Å². The number of carbonyl (C=O) groups is 3. The molecule has 0 bridgehead atoms. The number of benzene rings is 1. The Labute approximate surface area is 191 Å². The summed E-state index contributed by atoms with van der Waals surface area (Å²) in [7, 11) is 0. The molecule has 1 aromatic carbocycles. The SMILES string of the molecule is CC(NC(=O)c1ccc(C(C)(C)C)cc1)C(=O)N1CCN(C(=O)NC2CCCCC2)CC1. The van der Waals surface area contributed by atoms with Crippen molar-refractivity contribution in [2.75, 3.05) is 26.2 Å². The highest BCUT2D eigenvalue weighted by Gasteiger charge is 2.29. The van der Waals surface area contributed by atoms with Crippen molar-refractivity contribution in [2.24, 2.45) is 0 Å². The van der Waals surface area contributed by atoms with Gasteiger partial charge in [0, 0.05) is 37.8 Å². The molecule has 0 radical (unpaired) electrons. The molecule has 2 aliphatic rings. The molecule has 1 saturated heterocycles. The Hall–Kier alpha value is -2.57. The second-order valence-electron chi connectivity index (χ2n) is 10.1. The summed E-state index contributed by atoms with van der Waals surface area (Å²) in [6, 6.07) is 7.16. The molecule has 1 atom stereocenters. The number of carbonyl (C=O) groups excluding carboxylic acids is 3. The van der Waals surface area contributed by atoms with Gasteiger partial charge >= 0.3 is 6.03 Å². The van der Waals surface area contributed by atoms with E-state index in [9.17, 15) is 14.4 Å². The smallest absolute Gasteiger partial charge is 0.317 e. The summed E-state index contributed by atoms with van der Waals surface area (Å²) in [6.07, 6.45) is 5.72. The number of hydrogen-bond acceptors (Lipinski definition) is 3. The molecule has 176 valence electrons. The van der Waals surface area contributed by atoms with Gasteiger partial charge < -0.3 is 20.4 Å². The third-order valence-electron chi connectivity index (χ3n) is 6.54. The van der Waals surface area contributed by atoms with Crippen LogP contribution in [0.3, 0.4) is 0 Å². The number of amides is 4. The summed E-state index contributed by atoms with van der Waals surface area (Å²) in [5, 5.41) is 5.96. The highest BCUT2D eigenvalue weighted by molar-refractivity contribution is 5.97. The molecule has 4 amide bonds. The zero-order valence-corrected chi connectivity index (χ0v) is 19.9. The van der Waals surface area contributed by atoms with Gasteiger partial charge in [0.05, 0.1) is 0 Å². The predicted octanol–water partition coefficient (Wildman–Crippen LogP) is 3.29. The van der Waals surface area contributed by atoms with Crippen LogP contribution in [0.4, 0.5) is 4.79 Å². The summed E-state index contributed by atoms with van der Waals surface area (Å²) < 4.78 is 0. The lowest BCUT2D eigenvalue weighted by Gasteiger charge is -2.37. The van der Waals surface area contributed by atoms with Crippen molar-refractivity contribution in [3.8, 4) is 0 Å². The Bertz CT molecular complexity index is 801. The van der Waals surface area contributed by atoms with Crippen LogP contribution in [0.25, 0.3) is 0 Å². The van der Waals surface area contributed by atoms with E-state index in [1.54, 1.807) is 28.9 Å². The van der Waals surface area contributed by atoms with Gasteiger partial charge in [-0.15, -0.1) is 0 Å². The molecular formula is C25H38N4O3. The van der Waals surface area contributed by atoms with Gasteiger partial charge in [-0.05, 0) is 42.9 Å². The van der Waals surface area contributed by atoms with Crippen molar-refractivity contribution in [1.29, 1.82) is 0 Å². The van der Waals surface area contributed by atoms with Gasteiger partial charge in [-0.2, -0.15) is 0 Å². The lowest BCUT2D eigenvalue weighted by Crippen LogP contribution is -2.57. The molecule has 1 saturated carbocycles. The van der Waals surface area contributed by atoms with E-state index in [0.29, 0.717) is 31.7 Å². The topological polar surface area (TPSA) is 81.8 Å². The number of nitrogens with one attached hydrogen (secondary N) is 2. The van der Waals surface area contributed by atoms with Crippen molar-refractivity contribution < 1.29 is 14.4 Å². The van der Waals surface area contributed by atoms with Crippen LogP contribution in [0.2, 0.25) is 0 Å². The second kappa shape index (κ2) is 10.4. The highest BCUT2D eigenvalue weighted by Crippen LogP contribution is 2.22. The number of rotatable bonds is 4. The second-order valence-corrected chi connectivity index (χ2v) is 10.1. The summed E-state index contributed by atoms with van der Waals surface area (Å²) >= 11 is 0. The lowest BCUT2D eigenvalue weighted by molar-refractivity contribution is -0.134. The van der Waals surface area contributed by atoms with Crippen LogP contribution in [-0.2, 0) is 10.2 Å². The molecule has 1 aliphatic carbocycles. The maximum absolute atomic E-state index is 12.8. The minimum atomic E-state index is -0.618. The molecule has 1 heterocycles. The van der Waals surface area contributed by atoms with E-state index >= 15 is 0 Å². The van der Waals surface area contributed by atoms with Crippen LogP contribution in [0.1, 0.15) is 75.7 Å². The molecule has 1 unspecified atom stereocenters. The maximum atomic E-state index is 12.8. The number of hydrogen-bond donors (Lipinski definition) is 2. The summed E-state index contributed by atoms with van der Waals surface area (Å²) in [6.45, 7) is 10.1. The van der Waals surface area contributed by atoms with Gasteiger partial charge in [-0.1, -0.05) is 52.2 Å². The van der Waals surface area contributed by atoms with Crippen LogP contribution in [0.5, 0.6) is 0 Å². The van der Waals surface area contributed by atoms with Gasteiger partial charge in [0.2, 0.25) is 5.91 Å². The number of nitrogens with zero attached hydrogens (tertiary/aromatic N) is 2. The molecule has 3 rings (SSSR count). The normalized spacial score (nSPS) is 18.8. The Balaban J connectivity index is 1.46. The Morgan fingerprint density at radius 1 is 0.906 bits per heavy atom. The molecular weight excluding hydrogens is 404 g/mol. The van der Waals surface area contributed by atoms with Crippen molar-refractivity contribution >= 4 is 17.8 Å². The van der Waals surface area contributed by atoms with Crippen LogP contribution in [-0.4, -0.2) is 65.9 Å². The monoisotopic (exact) mass is 442 g/mol. The first-order valence-corrected chi connectivity index (χ1v) is 11.9. The van der Waals surface area contributed by atoms with E-state index in [4.69, 9.17) is 0 Å². The Morgan fingerprint density at radius 3 is 2.03 bits per heavy atom. The van der Waals surface area contributed by atoms with E-state index in [2.05, 4.69) is 31.4 Å². The fourth-order valence-corrected chi connectivity index (χ4v) is 4.38.